The molecule has 318 valence electrons. The normalized spacial score (nSPS) is 12.6. The number of allylic oxidation sites excluding steroid dienone is 4. The van der Waals surface area contributed by atoms with Gasteiger partial charge >= 0.3 is 23.9 Å². The summed E-state index contributed by atoms with van der Waals surface area (Å²) in [5.41, 5.74) is 1.03. The smallest absolute Gasteiger partial charge is 0.318 e. The molecule has 0 aliphatic carbocycles. The van der Waals surface area contributed by atoms with E-state index in [1.807, 2.05) is 37.3 Å². The minimum atomic E-state index is -0.959. The zero-order valence-electron chi connectivity index (χ0n) is 36.0. The molecular formula is C49H81NO6. The van der Waals surface area contributed by atoms with Gasteiger partial charge in [0, 0.05) is 25.4 Å². The summed E-state index contributed by atoms with van der Waals surface area (Å²) in [6.45, 7) is 6.57. The highest BCUT2D eigenvalue weighted by Gasteiger charge is 2.28. The lowest BCUT2D eigenvalue weighted by Gasteiger charge is -2.19. The average molecular weight is 780 g/mol. The minimum absolute atomic E-state index is 0.100. The Morgan fingerprint density at radius 1 is 0.518 bits per heavy atom. The van der Waals surface area contributed by atoms with E-state index in [4.69, 9.17) is 9.47 Å². The average Bonchev–Trinajstić information content (AvgIpc) is 3.19. The van der Waals surface area contributed by atoms with Gasteiger partial charge in [0.05, 0.1) is 12.3 Å². The molecule has 1 aromatic carbocycles. The Bertz CT molecular complexity index is 1180. The Hall–Kier alpha value is -3.06. The van der Waals surface area contributed by atoms with Crippen LogP contribution in [0.5, 0.6) is 0 Å². The largest absolute Gasteiger partial charge is 0.393 e. The molecule has 1 aromatic rings. The first-order chi connectivity index (χ1) is 27.4. The molecule has 0 saturated heterocycles. The van der Waals surface area contributed by atoms with Crippen LogP contribution in [0, 0.1) is 5.92 Å². The Morgan fingerprint density at radius 2 is 0.911 bits per heavy atom. The summed E-state index contributed by atoms with van der Waals surface area (Å²) < 4.78 is 10.3. The van der Waals surface area contributed by atoms with Crippen molar-refractivity contribution in [3.8, 4) is 0 Å². The number of benzene rings is 1. The molecule has 0 aliphatic rings. The Morgan fingerprint density at radius 3 is 1.36 bits per heavy atom. The second kappa shape index (κ2) is 37.5. The van der Waals surface area contributed by atoms with E-state index in [0.29, 0.717) is 12.8 Å². The summed E-state index contributed by atoms with van der Waals surface area (Å²) in [6, 6.07) is 9.66. The second-order valence-corrected chi connectivity index (χ2v) is 15.7. The van der Waals surface area contributed by atoms with Gasteiger partial charge in [-0.3, -0.25) is 19.2 Å². The molecule has 0 spiro atoms. The van der Waals surface area contributed by atoms with Crippen molar-refractivity contribution in [1.29, 1.82) is 0 Å². The fourth-order valence-corrected chi connectivity index (χ4v) is 6.77. The zero-order chi connectivity index (χ0) is 40.7. The summed E-state index contributed by atoms with van der Waals surface area (Å²) >= 11 is 0. The van der Waals surface area contributed by atoms with Crippen molar-refractivity contribution in [1.82, 2.24) is 5.32 Å². The second-order valence-electron chi connectivity index (χ2n) is 15.7. The first-order valence-electron chi connectivity index (χ1n) is 22.9. The van der Waals surface area contributed by atoms with E-state index >= 15 is 0 Å². The first-order valence-corrected chi connectivity index (χ1v) is 22.9. The molecule has 7 nitrogen and oxygen atoms in total. The van der Waals surface area contributed by atoms with Gasteiger partial charge in [-0.05, 0) is 76.7 Å². The summed E-state index contributed by atoms with van der Waals surface area (Å²) in [7, 11) is 0. The van der Waals surface area contributed by atoms with Crippen LogP contribution in [-0.2, 0) is 28.7 Å². The monoisotopic (exact) mass is 780 g/mol. The van der Waals surface area contributed by atoms with Crippen molar-refractivity contribution in [2.45, 2.75) is 213 Å². The third-order valence-corrected chi connectivity index (χ3v) is 10.4. The van der Waals surface area contributed by atoms with Crippen molar-refractivity contribution < 1.29 is 28.7 Å². The molecule has 56 heavy (non-hydrogen) atoms. The van der Waals surface area contributed by atoms with Crippen molar-refractivity contribution in [2.24, 2.45) is 5.92 Å². The number of nitrogens with one attached hydrogen (secondary N) is 1. The van der Waals surface area contributed by atoms with Crippen LogP contribution >= 0.6 is 0 Å². The molecule has 1 N–H and O–H groups in total. The molecule has 0 bridgehead atoms. The summed E-state index contributed by atoms with van der Waals surface area (Å²) in [4.78, 5) is 50.9. The van der Waals surface area contributed by atoms with Crippen LogP contribution < -0.4 is 5.32 Å². The molecule has 1 rings (SSSR count). The van der Waals surface area contributed by atoms with Gasteiger partial charge in [-0.25, -0.2) is 0 Å². The predicted molar refractivity (Wildman–Crippen MR) is 232 cm³/mol. The van der Waals surface area contributed by atoms with E-state index in [9.17, 15) is 19.2 Å². The molecule has 2 atom stereocenters. The maximum atomic E-state index is 13.1. The highest BCUT2D eigenvalue weighted by Crippen LogP contribution is 2.17. The van der Waals surface area contributed by atoms with E-state index in [-0.39, 0.29) is 31.8 Å². The highest BCUT2D eigenvalue weighted by atomic mass is 16.6. The van der Waals surface area contributed by atoms with Gasteiger partial charge in [-0.15, -0.1) is 0 Å². The quantitative estimate of drug-likeness (QED) is 0.0311. The van der Waals surface area contributed by atoms with Crippen molar-refractivity contribution in [2.75, 3.05) is 6.54 Å². The Labute approximate surface area is 342 Å². The molecule has 0 amide bonds. The number of carbonyl (C=O) groups excluding carboxylic acids is 4. The van der Waals surface area contributed by atoms with Crippen LogP contribution in [0.3, 0.4) is 0 Å². The molecule has 0 aliphatic heterocycles. The van der Waals surface area contributed by atoms with E-state index in [0.717, 1.165) is 69.8 Å². The van der Waals surface area contributed by atoms with E-state index < -0.39 is 29.8 Å². The molecule has 7 heteroatoms. The van der Waals surface area contributed by atoms with E-state index in [1.165, 1.54) is 89.9 Å². The number of hydrogen-bond donors (Lipinski definition) is 1. The van der Waals surface area contributed by atoms with Crippen molar-refractivity contribution in [3.63, 3.8) is 0 Å². The third kappa shape index (κ3) is 31.1. The number of hydrogen-bond acceptors (Lipinski definition) is 7. The zero-order valence-corrected chi connectivity index (χ0v) is 36.0. The number of esters is 4. The molecule has 0 saturated carbocycles. The molecule has 0 heterocycles. The molecule has 0 radical (unpaired) electrons. The summed E-state index contributed by atoms with van der Waals surface area (Å²) in [5, 5.41) is 3.28. The summed E-state index contributed by atoms with van der Waals surface area (Å²) in [5.74, 6) is -3.66. The van der Waals surface area contributed by atoms with Gasteiger partial charge in [0.2, 0.25) is 0 Å². The van der Waals surface area contributed by atoms with Crippen molar-refractivity contribution in [3.05, 3.63) is 60.2 Å². The SMILES string of the molecule is CCCCCCCCC=CCCCCCCCC(=O)OC(=O)C(CNC(C)c1ccccc1)CC(=O)OC(=O)CCCCCCC/C=C\CCCCCCCC. The fourth-order valence-electron chi connectivity index (χ4n) is 6.77. The lowest BCUT2D eigenvalue weighted by molar-refractivity contribution is -0.168. The predicted octanol–water partition coefficient (Wildman–Crippen LogP) is 13.6. The lowest BCUT2D eigenvalue weighted by Crippen LogP contribution is -2.34. The van der Waals surface area contributed by atoms with Crippen LogP contribution in [0.25, 0.3) is 0 Å². The van der Waals surface area contributed by atoms with Crippen LogP contribution in [0.2, 0.25) is 0 Å². The standard InChI is InChI=1S/C49H81NO6/c1-4-6-8-10-12-14-16-18-20-22-24-26-28-30-35-39-46(51)55-48(53)41-45(42-50-43(3)44-37-33-32-34-38-44)49(54)56-47(52)40-36-31-29-27-25-23-21-19-17-15-13-11-9-7-5-2/h18-21,32-34,37-38,43,45,50H,4-17,22-31,35-36,39-42H2,1-3H3/b20-18-,21-19?. The number of unbranched alkanes of at least 4 members (excludes halogenated alkanes) is 22. The minimum Gasteiger partial charge on any atom is -0.393 e. The Balaban J connectivity index is 2.34. The van der Waals surface area contributed by atoms with Gasteiger partial charge in [-0.1, -0.05) is 171 Å². The molecule has 0 aromatic heterocycles. The maximum Gasteiger partial charge on any atom is 0.318 e. The number of ether oxygens (including phenoxy) is 2. The van der Waals surface area contributed by atoms with Crippen LogP contribution in [0.15, 0.2) is 54.6 Å². The van der Waals surface area contributed by atoms with Crippen LogP contribution in [-0.4, -0.2) is 30.4 Å². The fraction of sp³-hybridized carbons (Fsp3) is 0.714. The van der Waals surface area contributed by atoms with Gasteiger partial charge in [-0.2, -0.15) is 0 Å². The lowest BCUT2D eigenvalue weighted by atomic mass is 10.0. The maximum absolute atomic E-state index is 13.1. The highest BCUT2D eigenvalue weighted by molar-refractivity contribution is 5.91. The third-order valence-electron chi connectivity index (χ3n) is 10.4. The first kappa shape index (κ1) is 51.0. The molecular weight excluding hydrogens is 699 g/mol. The van der Waals surface area contributed by atoms with Crippen LogP contribution in [0.4, 0.5) is 0 Å². The van der Waals surface area contributed by atoms with Gasteiger partial charge < -0.3 is 14.8 Å². The number of rotatable bonds is 37. The summed E-state index contributed by atoms with van der Waals surface area (Å²) in [6.07, 6.45) is 39.4. The van der Waals surface area contributed by atoms with Gasteiger partial charge in [0.15, 0.2) is 0 Å². The number of carbonyl (C=O) groups is 4. The molecule has 0 fully saturated rings. The van der Waals surface area contributed by atoms with Crippen molar-refractivity contribution >= 4 is 23.9 Å². The van der Waals surface area contributed by atoms with E-state index in [1.54, 1.807) is 0 Å². The van der Waals surface area contributed by atoms with Gasteiger partial charge in [0.25, 0.3) is 0 Å². The topological polar surface area (TPSA) is 98.8 Å². The van der Waals surface area contributed by atoms with Gasteiger partial charge in [0.1, 0.15) is 0 Å². The molecule has 2 unspecified atom stereocenters. The van der Waals surface area contributed by atoms with Crippen LogP contribution in [0.1, 0.15) is 219 Å². The Kier molecular flexibility index (Phi) is 34.1. The van der Waals surface area contributed by atoms with E-state index in [2.05, 4.69) is 43.5 Å².